The average Bonchev–Trinajstić information content (AvgIpc) is 4.17. The highest BCUT2D eigenvalue weighted by Crippen LogP contribution is 2.40. The summed E-state index contributed by atoms with van der Waals surface area (Å²) >= 11 is 1.20. The van der Waals surface area contributed by atoms with Crippen LogP contribution in [0, 0.1) is 11.7 Å². The Morgan fingerprint density at radius 2 is 1.71 bits per heavy atom. The van der Waals surface area contributed by atoms with Gasteiger partial charge in [0, 0.05) is 91.7 Å². The van der Waals surface area contributed by atoms with Crippen LogP contribution in [0.2, 0.25) is 0 Å². The number of nitrogens with one attached hydrogen (secondary N) is 2. The van der Waals surface area contributed by atoms with E-state index in [0.29, 0.717) is 45.0 Å². The van der Waals surface area contributed by atoms with Crippen molar-refractivity contribution in [1.29, 1.82) is 0 Å². The van der Waals surface area contributed by atoms with Gasteiger partial charge in [0.05, 0.1) is 16.8 Å². The number of fused-ring (bicyclic) bond motifs is 4. The van der Waals surface area contributed by atoms with E-state index < -0.39 is 53.3 Å². The number of carbonyl (C=O) groups excluding carboxylic acids is 6. The number of anilines is 3. The predicted octanol–water partition coefficient (Wildman–Crippen LogP) is 4.36. The summed E-state index contributed by atoms with van der Waals surface area (Å²) in [4.78, 5) is 92.1. The smallest absolute Gasteiger partial charge is 0.262 e. The molecule has 0 spiro atoms. The largest absolute Gasteiger partial charge is 0.508 e. The first-order valence-electron chi connectivity index (χ1n) is 22.1. The van der Waals surface area contributed by atoms with Crippen LogP contribution in [0.15, 0.2) is 78.3 Å². The second-order valence-corrected chi connectivity index (χ2v) is 18.7. The number of nitrogens with zero attached hydrogens (tertiary/aromatic N) is 8. The lowest BCUT2D eigenvalue weighted by Gasteiger charge is -2.39. The summed E-state index contributed by atoms with van der Waals surface area (Å²) in [6.45, 7) is 4.48. The molecule has 3 N–H and O–H groups in total. The van der Waals surface area contributed by atoms with Crippen molar-refractivity contribution in [3.63, 3.8) is 0 Å². The molecule has 4 atom stereocenters. The third-order valence-electron chi connectivity index (χ3n) is 13.9. The van der Waals surface area contributed by atoms with Crippen LogP contribution < -0.4 is 20.4 Å². The molecule has 8 heterocycles. The van der Waals surface area contributed by atoms with Crippen LogP contribution >= 0.6 is 11.3 Å². The van der Waals surface area contributed by atoms with E-state index >= 15 is 0 Å². The van der Waals surface area contributed by atoms with E-state index in [1.165, 1.54) is 22.4 Å². The molecule has 17 nitrogen and oxygen atoms in total. The second kappa shape index (κ2) is 16.4. The van der Waals surface area contributed by atoms with E-state index in [1.807, 2.05) is 30.3 Å². The fourth-order valence-electron chi connectivity index (χ4n) is 10.6. The molecule has 6 aliphatic heterocycles. The fraction of sp³-hybridized carbons (Fsp3) is 0.340. The first kappa shape index (κ1) is 41.6. The van der Waals surface area contributed by atoms with Crippen LogP contribution in [0.5, 0.6) is 5.75 Å². The zero-order valence-corrected chi connectivity index (χ0v) is 36.2. The third-order valence-corrected chi connectivity index (χ3v) is 14.6. The Morgan fingerprint density at radius 1 is 0.879 bits per heavy atom. The Hall–Kier alpha value is -7.12. The van der Waals surface area contributed by atoms with Gasteiger partial charge in [0.2, 0.25) is 11.8 Å². The number of rotatable bonds is 10. The summed E-state index contributed by atoms with van der Waals surface area (Å²) in [6.07, 6.45) is 4.76. The molecule has 6 amide bonds. The monoisotopic (exact) mass is 910 g/mol. The topological polar surface area (TPSA) is 202 Å². The van der Waals surface area contributed by atoms with Gasteiger partial charge in [-0.05, 0) is 91.8 Å². The maximum absolute atomic E-state index is 14.5. The number of hydrogen-bond donors (Lipinski definition) is 3. The van der Waals surface area contributed by atoms with Crippen molar-refractivity contribution in [2.24, 2.45) is 5.92 Å². The lowest BCUT2D eigenvalue weighted by Crippen LogP contribution is -2.54. The Kier molecular flexibility index (Phi) is 10.3. The van der Waals surface area contributed by atoms with E-state index in [9.17, 15) is 38.3 Å². The summed E-state index contributed by atoms with van der Waals surface area (Å²) in [5, 5.41) is 26.8. The highest BCUT2D eigenvalue weighted by Gasteiger charge is 2.47. The molecule has 0 saturated carbocycles. The number of thiazole rings is 1. The summed E-state index contributed by atoms with van der Waals surface area (Å²) in [5.74, 6) is -2.77. The lowest BCUT2D eigenvalue weighted by atomic mass is 9.95. The molecular formula is C47H43FN10O7S. The Bertz CT molecular complexity index is 2840. The van der Waals surface area contributed by atoms with Crippen molar-refractivity contribution in [3.05, 3.63) is 112 Å². The molecular weight excluding hydrogens is 868 g/mol. The number of phenols is 1. The summed E-state index contributed by atoms with van der Waals surface area (Å²) in [7, 11) is 0. The molecule has 3 aromatic carbocycles. The average molecular weight is 911 g/mol. The standard InChI is InChI=1S/C47H43FN10O7S/c48-28-3-8-38(59)35(18-28)41(43(62)51-47-49-13-16-66-47)57-22-27-2-1-26(17-33(27)44(57)63)36-6-9-39(53-52-36)54-14-11-25(12-15-54)21-55-23-31-19-30(55)24-56(31)29-4-5-32-34(20-29)46(65)58(45(32)64)37-7-10-40(60)50-42(37)61/h1-6,8-9,13,16-18,20,25,30-31,37,41,59H,7,10-12,14-15,19,21-24H2,(H,49,51,62)(H,50,60,61). The van der Waals surface area contributed by atoms with Crippen molar-refractivity contribution < 1.29 is 38.3 Å². The summed E-state index contributed by atoms with van der Waals surface area (Å²) in [5.41, 5.74) is 3.74. The number of likely N-dealkylation sites (tertiary alicyclic amines) is 1. The van der Waals surface area contributed by atoms with Crippen LogP contribution in [0.1, 0.15) is 80.3 Å². The van der Waals surface area contributed by atoms with Gasteiger partial charge in [0.15, 0.2) is 10.9 Å². The molecule has 4 unspecified atom stereocenters. The van der Waals surface area contributed by atoms with Crippen LogP contribution in [-0.4, -0.2) is 121 Å². The number of halogens is 1. The quantitative estimate of drug-likeness (QED) is 0.167. The molecule has 336 valence electrons. The highest BCUT2D eigenvalue weighted by atomic mass is 32.1. The maximum Gasteiger partial charge on any atom is 0.262 e. The number of imide groups is 2. The van der Waals surface area contributed by atoms with Gasteiger partial charge in [-0.25, -0.2) is 9.37 Å². The van der Waals surface area contributed by atoms with Gasteiger partial charge < -0.3 is 19.8 Å². The molecule has 6 aliphatic rings. The SMILES string of the molecule is O=C1CCC(N2C(=O)c3ccc(N4CC5CC4CN5CC4CCN(c5ccc(-c6ccc7c(c6)C(=O)N(C(C(=O)Nc6nccs6)c6cc(F)ccc6O)C7)nn5)CC4)cc3C2=O)C(=O)N1. The molecule has 66 heavy (non-hydrogen) atoms. The van der Waals surface area contributed by atoms with Gasteiger partial charge in [-0.1, -0.05) is 12.1 Å². The van der Waals surface area contributed by atoms with Crippen LogP contribution in [0.25, 0.3) is 11.3 Å². The van der Waals surface area contributed by atoms with Gasteiger partial charge in [-0.2, -0.15) is 0 Å². The molecule has 2 aromatic heterocycles. The molecule has 0 radical (unpaired) electrons. The molecule has 0 aliphatic carbocycles. The molecule has 4 saturated heterocycles. The van der Waals surface area contributed by atoms with E-state index in [4.69, 9.17) is 0 Å². The zero-order valence-electron chi connectivity index (χ0n) is 35.4. The van der Waals surface area contributed by atoms with Crippen LogP contribution in [0.3, 0.4) is 0 Å². The van der Waals surface area contributed by atoms with Crippen LogP contribution in [-0.2, 0) is 20.9 Å². The zero-order chi connectivity index (χ0) is 45.4. The van der Waals surface area contributed by atoms with Gasteiger partial charge in [-0.15, -0.1) is 21.5 Å². The molecule has 5 aromatic rings. The van der Waals surface area contributed by atoms with Crippen LogP contribution in [0.4, 0.5) is 21.0 Å². The highest BCUT2D eigenvalue weighted by molar-refractivity contribution is 7.13. The van der Waals surface area contributed by atoms with Gasteiger partial charge in [0.1, 0.15) is 23.7 Å². The fourth-order valence-corrected chi connectivity index (χ4v) is 11.1. The number of piperazine rings is 1. The van der Waals surface area contributed by atoms with E-state index in [-0.39, 0.29) is 42.3 Å². The van der Waals surface area contributed by atoms with E-state index in [0.717, 1.165) is 86.6 Å². The first-order chi connectivity index (χ1) is 32.0. The minimum absolute atomic E-state index is 0.0387. The molecule has 4 fully saturated rings. The molecule has 2 bridgehead atoms. The van der Waals surface area contributed by atoms with Crippen molar-refractivity contribution >= 4 is 63.4 Å². The van der Waals surface area contributed by atoms with Crippen molar-refractivity contribution in [2.45, 2.75) is 62.8 Å². The summed E-state index contributed by atoms with van der Waals surface area (Å²) < 4.78 is 14.5. The third kappa shape index (κ3) is 7.31. The minimum Gasteiger partial charge on any atom is -0.508 e. The van der Waals surface area contributed by atoms with Crippen molar-refractivity contribution in [3.8, 4) is 17.0 Å². The molecule has 19 heteroatoms. The van der Waals surface area contributed by atoms with Gasteiger partial charge in [-0.3, -0.25) is 49.2 Å². The number of amides is 6. The van der Waals surface area contributed by atoms with Crippen molar-refractivity contribution in [1.82, 2.24) is 35.2 Å². The van der Waals surface area contributed by atoms with Gasteiger partial charge >= 0.3 is 0 Å². The predicted molar refractivity (Wildman–Crippen MR) is 238 cm³/mol. The number of phenolic OH excluding ortho intramolecular Hbond substituents is 1. The maximum atomic E-state index is 14.5. The number of hydrogen-bond acceptors (Lipinski definition) is 14. The second-order valence-electron chi connectivity index (χ2n) is 17.8. The van der Waals surface area contributed by atoms with Crippen molar-refractivity contribution in [2.75, 3.05) is 47.8 Å². The number of benzene rings is 3. The minimum atomic E-state index is -1.33. The number of aromatic hydroxyl groups is 1. The first-order valence-corrected chi connectivity index (χ1v) is 22.9. The normalized spacial score (nSPS) is 22.3. The summed E-state index contributed by atoms with van der Waals surface area (Å²) in [6, 6.07) is 16.2. The molecule has 11 rings (SSSR count). The van der Waals surface area contributed by atoms with E-state index in [1.54, 1.807) is 23.6 Å². The number of aromatic nitrogens is 3. The Balaban J connectivity index is 0.694. The Morgan fingerprint density at radius 3 is 2.45 bits per heavy atom. The number of piperidine rings is 2. The lowest BCUT2D eigenvalue weighted by molar-refractivity contribution is -0.136. The number of carbonyl (C=O) groups is 6. The van der Waals surface area contributed by atoms with Gasteiger partial charge in [0.25, 0.3) is 23.6 Å². The van der Waals surface area contributed by atoms with E-state index in [2.05, 4.69) is 40.5 Å². The Labute approximate surface area is 381 Å².